The second-order valence-electron chi connectivity index (χ2n) is 2.19. The monoisotopic (exact) mass is 222 g/mol. The molecular weight excluding hydrogens is 215 g/mol. The predicted molar refractivity (Wildman–Crippen MR) is 41.8 cm³/mol. The number of hydrogen-bond donors (Lipinski definition) is 1. The Bertz CT molecular complexity index is 251. The summed E-state index contributed by atoms with van der Waals surface area (Å²) in [5.74, 6) is 0. The highest BCUT2D eigenvalue weighted by Gasteiger charge is 2.12. The lowest BCUT2D eigenvalue weighted by Crippen LogP contribution is -2.06. The normalized spacial score (nSPS) is 13.5. The van der Waals surface area contributed by atoms with Crippen LogP contribution < -0.4 is 0 Å². The van der Waals surface area contributed by atoms with E-state index in [9.17, 15) is 4.39 Å². The molecule has 1 unspecified atom stereocenters. The minimum atomic E-state index is -1.07. The molecule has 0 saturated heterocycles. The summed E-state index contributed by atoms with van der Waals surface area (Å²) in [4.78, 5) is 0. The van der Waals surface area contributed by atoms with Crippen molar-refractivity contribution >= 4 is 15.9 Å². The number of aryl methyl sites for hydroxylation is 1. The number of hydrogen-bond acceptors (Lipinski definition) is 2. The molecule has 0 aromatic carbocycles. The van der Waals surface area contributed by atoms with Crippen molar-refractivity contribution in [2.45, 2.75) is 6.10 Å². The maximum absolute atomic E-state index is 12.0. The molecule has 62 valence electrons. The van der Waals surface area contributed by atoms with Crippen LogP contribution in [0.15, 0.2) is 10.7 Å². The lowest BCUT2D eigenvalue weighted by atomic mass is 10.3. The first-order chi connectivity index (χ1) is 5.15. The Morgan fingerprint density at radius 1 is 1.91 bits per heavy atom. The second kappa shape index (κ2) is 3.32. The molecule has 0 aliphatic heterocycles. The fraction of sp³-hybridized carbons (Fsp3) is 0.500. The molecule has 0 radical (unpaired) electrons. The quantitative estimate of drug-likeness (QED) is 0.817. The van der Waals surface area contributed by atoms with E-state index in [1.165, 1.54) is 4.68 Å². The van der Waals surface area contributed by atoms with E-state index in [1.807, 2.05) is 0 Å². The van der Waals surface area contributed by atoms with Crippen molar-refractivity contribution in [3.05, 3.63) is 16.4 Å². The number of nitrogens with zero attached hydrogens (tertiary/aromatic N) is 2. The third-order valence-electron chi connectivity index (χ3n) is 1.37. The summed E-state index contributed by atoms with van der Waals surface area (Å²) >= 11 is 3.11. The maximum atomic E-state index is 12.0. The van der Waals surface area contributed by atoms with E-state index in [2.05, 4.69) is 21.0 Å². The molecule has 1 atom stereocenters. The van der Waals surface area contributed by atoms with E-state index in [0.717, 1.165) is 0 Å². The van der Waals surface area contributed by atoms with E-state index in [4.69, 9.17) is 5.11 Å². The smallest absolute Gasteiger partial charge is 0.128 e. The molecule has 0 spiro atoms. The molecule has 5 heteroatoms. The molecule has 1 heterocycles. The fourth-order valence-corrected chi connectivity index (χ4v) is 1.31. The van der Waals surface area contributed by atoms with Crippen molar-refractivity contribution in [2.75, 3.05) is 6.67 Å². The van der Waals surface area contributed by atoms with Gasteiger partial charge in [0, 0.05) is 7.05 Å². The average molecular weight is 223 g/mol. The molecule has 0 fully saturated rings. The molecule has 3 nitrogen and oxygen atoms in total. The summed E-state index contributed by atoms with van der Waals surface area (Å²) < 4.78 is 14.0. The van der Waals surface area contributed by atoms with Crippen LogP contribution in [0.25, 0.3) is 0 Å². The maximum Gasteiger partial charge on any atom is 0.128 e. The Morgan fingerprint density at radius 2 is 2.55 bits per heavy atom. The van der Waals surface area contributed by atoms with Crippen LogP contribution in [0.3, 0.4) is 0 Å². The van der Waals surface area contributed by atoms with Crippen LogP contribution in [0.4, 0.5) is 4.39 Å². The van der Waals surface area contributed by atoms with E-state index >= 15 is 0 Å². The number of aliphatic hydroxyl groups is 1. The van der Waals surface area contributed by atoms with Crippen molar-refractivity contribution < 1.29 is 9.50 Å². The van der Waals surface area contributed by atoms with E-state index < -0.39 is 12.8 Å². The fourth-order valence-electron chi connectivity index (χ4n) is 0.836. The van der Waals surface area contributed by atoms with Gasteiger partial charge in [-0.15, -0.1) is 0 Å². The lowest BCUT2D eigenvalue weighted by molar-refractivity contribution is 0.133. The summed E-state index contributed by atoms with van der Waals surface area (Å²) in [5.41, 5.74) is 0.472. The van der Waals surface area contributed by atoms with Gasteiger partial charge < -0.3 is 5.11 Å². The third kappa shape index (κ3) is 1.78. The van der Waals surface area contributed by atoms with Crippen LogP contribution in [0.5, 0.6) is 0 Å². The van der Waals surface area contributed by atoms with Crippen LogP contribution in [-0.2, 0) is 7.05 Å². The van der Waals surface area contributed by atoms with E-state index in [0.29, 0.717) is 10.3 Å². The predicted octanol–water partition coefficient (Wildman–Crippen LogP) is 1.19. The Balaban J connectivity index is 2.93. The van der Waals surface area contributed by atoms with Crippen molar-refractivity contribution in [2.24, 2.45) is 7.05 Å². The average Bonchev–Trinajstić information content (AvgIpc) is 2.28. The highest BCUT2D eigenvalue weighted by atomic mass is 79.9. The van der Waals surface area contributed by atoms with E-state index in [-0.39, 0.29) is 0 Å². The number of aliphatic hydroxyl groups excluding tert-OH is 1. The summed E-state index contributed by atoms with van der Waals surface area (Å²) in [5, 5.41) is 13.0. The van der Waals surface area contributed by atoms with Crippen LogP contribution in [0.2, 0.25) is 0 Å². The Hall–Kier alpha value is -0.420. The van der Waals surface area contributed by atoms with Gasteiger partial charge in [0.25, 0.3) is 0 Å². The first-order valence-electron chi connectivity index (χ1n) is 3.08. The largest absolute Gasteiger partial charge is 0.384 e. The van der Waals surface area contributed by atoms with Crippen molar-refractivity contribution in [1.29, 1.82) is 0 Å². The number of alkyl halides is 1. The zero-order chi connectivity index (χ0) is 8.43. The molecule has 0 amide bonds. The minimum absolute atomic E-state index is 0.472. The Labute approximate surface area is 72.0 Å². The standard InChI is InChI=1S/C6H8BrFN2O/c1-10-4(5(11)3-8)2-6(7)9-10/h2,5,11H,3H2,1H3. The highest BCUT2D eigenvalue weighted by Crippen LogP contribution is 2.16. The number of aromatic nitrogens is 2. The Kier molecular flexibility index (Phi) is 2.62. The molecule has 1 aromatic heterocycles. The van der Waals surface area contributed by atoms with Gasteiger partial charge in [-0.25, -0.2) is 4.39 Å². The van der Waals surface area contributed by atoms with Crippen LogP contribution in [0.1, 0.15) is 11.8 Å². The highest BCUT2D eigenvalue weighted by molar-refractivity contribution is 9.10. The van der Waals surface area contributed by atoms with Gasteiger partial charge in [0.05, 0.1) is 5.69 Å². The van der Waals surface area contributed by atoms with Gasteiger partial charge in [0.15, 0.2) is 0 Å². The first-order valence-corrected chi connectivity index (χ1v) is 3.88. The van der Waals surface area contributed by atoms with Gasteiger partial charge in [-0.1, -0.05) is 0 Å². The molecule has 0 aliphatic rings. The van der Waals surface area contributed by atoms with E-state index in [1.54, 1.807) is 13.1 Å². The summed E-state index contributed by atoms with van der Waals surface area (Å²) in [6, 6.07) is 1.59. The van der Waals surface area contributed by atoms with Gasteiger partial charge in [0.2, 0.25) is 0 Å². The molecule has 0 saturated carbocycles. The second-order valence-corrected chi connectivity index (χ2v) is 3.00. The lowest BCUT2D eigenvalue weighted by Gasteiger charge is -2.04. The molecular formula is C6H8BrFN2O. The molecule has 1 aromatic rings. The van der Waals surface area contributed by atoms with Gasteiger partial charge in [-0.2, -0.15) is 5.10 Å². The molecule has 11 heavy (non-hydrogen) atoms. The number of halogens is 2. The third-order valence-corrected chi connectivity index (χ3v) is 1.76. The summed E-state index contributed by atoms with van der Waals surface area (Å²) in [7, 11) is 1.65. The van der Waals surface area contributed by atoms with Crippen molar-refractivity contribution in [1.82, 2.24) is 9.78 Å². The van der Waals surface area contributed by atoms with Gasteiger partial charge in [-0.3, -0.25) is 4.68 Å². The summed E-state index contributed by atoms with van der Waals surface area (Å²) in [6.45, 7) is -0.786. The van der Waals surface area contributed by atoms with Crippen molar-refractivity contribution in [3.63, 3.8) is 0 Å². The first kappa shape index (κ1) is 8.67. The number of rotatable bonds is 2. The van der Waals surface area contributed by atoms with Crippen LogP contribution in [-0.4, -0.2) is 21.6 Å². The molecule has 1 N–H and O–H groups in total. The molecule has 0 bridgehead atoms. The molecule has 1 rings (SSSR count). The Morgan fingerprint density at radius 3 is 2.91 bits per heavy atom. The SMILES string of the molecule is Cn1nc(Br)cc1C(O)CF. The van der Waals surface area contributed by atoms with Gasteiger partial charge in [-0.05, 0) is 22.0 Å². The zero-order valence-corrected chi connectivity index (χ0v) is 7.55. The summed E-state index contributed by atoms with van der Waals surface area (Å²) in [6.07, 6.45) is -1.07. The zero-order valence-electron chi connectivity index (χ0n) is 5.96. The van der Waals surface area contributed by atoms with Crippen LogP contribution in [0, 0.1) is 0 Å². The van der Waals surface area contributed by atoms with Gasteiger partial charge in [0.1, 0.15) is 17.4 Å². The van der Waals surface area contributed by atoms with Crippen LogP contribution >= 0.6 is 15.9 Å². The van der Waals surface area contributed by atoms with Gasteiger partial charge >= 0.3 is 0 Å². The minimum Gasteiger partial charge on any atom is -0.384 e. The topological polar surface area (TPSA) is 38.0 Å². The molecule has 0 aliphatic carbocycles. The van der Waals surface area contributed by atoms with Crippen molar-refractivity contribution in [3.8, 4) is 0 Å².